The van der Waals surface area contributed by atoms with Crippen LogP contribution in [0.25, 0.3) is 0 Å². The van der Waals surface area contributed by atoms with E-state index in [0.717, 1.165) is 0 Å². The van der Waals surface area contributed by atoms with Crippen molar-refractivity contribution in [2.45, 2.75) is 18.9 Å². The van der Waals surface area contributed by atoms with Crippen LogP contribution in [-0.4, -0.2) is 59.8 Å². The van der Waals surface area contributed by atoms with Gasteiger partial charge >= 0.3 is 14.9 Å². The quantitative estimate of drug-likeness (QED) is 0.690. The lowest BCUT2D eigenvalue weighted by Crippen LogP contribution is -2.47. The molecule has 0 bridgehead atoms. The second-order valence-electron chi connectivity index (χ2n) is 3.61. The maximum Gasteiger partial charge on any atom is 0.503 e. The molecular formula is C9H21NO5Si. The van der Waals surface area contributed by atoms with Gasteiger partial charge in [0.25, 0.3) is 0 Å². The number of carbonyl (C=O) groups is 1. The Hall–Kier alpha value is -0.633. The molecule has 96 valence electrons. The lowest BCUT2D eigenvalue weighted by atomic mass is 10.3. The van der Waals surface area contributed by atoms with E-state index in [9.17, 15) is 4.79 Å². The second kappa shape index (κ2) is 6.84. The average molecular weight is 251 g/mol. The highest BCUT2D eigenvalue weighted by molar-refractivity contribution is 6.62. The number of rotatable bonds is 7. The molecule has 7 heteroatoms. The Bertz CT molecular complexity index is 214. The van der Waals surface area contributed by atoms with Crippen LogP contribution in [0.1, 0.15) is 13.3 Å². The normalized spacial score (nSPS) is 13.6. The Balaban J connectivity index is 4.32. The zero-order valence-corrected chi connectivity index (χ0v) is 11.5. The molecule has 0 spiro atoms. The largest absolute Gasteiger partial charge is 0.503 e. The topological polar surface area (TPSA) is 68.2 Å². The van der Waals surface area contributed by atoms with Gasteiger partial charge in [0.1, 0.15) is 0 Å². The highest BCUT2D eigenvalue weighted by Crippen LogP contribution is 2.26. The van der Waals surface area contributed by atoms with E-state index < -0.39 is 14.9 Å². The third-order valence-electron chi connectivity index (χ3n) is 2.68. The molecule has 0 radical (unpaired) electrons. The van der Waals surface area contributed by atoms with Crippen LogP contribution in [0.5, 0.6) is 0 Å². The van der Waals surface area contributed by atoms with E-state index in [0.29, 0.717) is 13.0 Å². The number of carboxylic acid groups (broad SMARTS) is 1. The van der Waals surface area contributed by atoms with Gasteiger partial charge in [-0.15, -0.1) is 0 Å². The third kappa shape index (κ3) is 3.74. The highest BCUT2D eigenvalue weighted by Gasteiger charge is 2.44. The Morgan fingerprint density at radius 2 is 1.75 bits per heavy atom. The summed E-state index contributed by atoms with van der Waals surface area (Å²) in [5.74, 6) is 0. The zero-order valence-electron chi connectivity index (χ0n) is 10.5. The lowest BCUT2D eigenvalue weighted by Gasteiger charge is -2.30. The first kappa shape index (κ1) is 15.4. The predicted molar refractivity (Wildman–Crippen MR) is 61.5 cm³/mol. The van der Waals surface area contributed by atoms with Crippen LogP contribution in [0.2, 0.25) is 5.54 Å². The summed E-state index contributed by atoms with van der Waals surface area (Å²) in [5, 5.41) is 8.71. The van der Waals surface area contributed by atoms with Crippen molar-refractivity contribution in [2.75, 3.05) is 34.9 Å². The van der Waals surface area contributed by atoms with Crippen molar-refractivity contribution in [3.05, 3.63) is 0 Å². The van der Waals surface area contributed by atoms with Crippen molar-refractivity contribution >= 4 is 14.9 Å². The van der Waals surface area contributed by atoms with E-state index in [1.54, 1.807) is 21.3 Å². The molecule has 0 fully saturated rings. The Morgan fingerprint density at radius 3 is 2.06 bits per heavy atom. The molecule has 0 aliphatic rings. The summed E-state index contributed by atoms with van der Waals surface area (Å²) in [6, 6.07) is 0. The first-order valence-electron chi connectivity index (χ1n) is 5.03. The molecule has 0 aromatic heterocycles. The van der Waals surface area contributed by atoms with Gasteiger partial charge in [-0.1, -0.05) is 6.92 Å². The Kier molecular flexibility index (Phi) is 6.57. The minimum atomic E-state index is -2.64. The van der Waals surface area contributed by atoms with E-state index in [1.165, 1.54) is 11.9 Å². The SMILES string of the molecule is CO[Si](OC)(OC)C(C)CCN(C)C(=O)O. The fourth-order valence-corrected chi connectivity index (χ4v) is 3.70. The van der Waals surface area contributed by atoms with Gasteiger partial charge in [-0.05, 0) is 6.42 Å². The van der Waals surface area contributed by atoms with Crippen molar-refractivity contribution in [2.24, 2.45) is 0 Å². The molecule has 0 heterocycles. The molecule has 0 saturated heterocycles. The standard InChI is InChI=1S/C9H21NO5Si/c1-8(6-7-10(2)9(11)12)16(13-3,14-4)15-5/h8H,6-7H2,1-5H3,(H,11,12). The number of hydrogen-bond acceptors (Lipinski definition) is 4. The molecule has 0 aromatic carbocycles. The molecule has 1 N–H and O–H groups in total. The number of hydrogen-bond donors (Lipinski definition) is 1. The van der Waals surface area contributed by atoms with Gasteiger partial charge in [-0.3, -0.25) is 0 Å². The maximum absolute atomic E-state index is 10.6. The van der Waals surface area contributed by atoms with Crippen LogP contribution >= 0.6 is 0 Å². The van der Waals surface area contributed by atoms with Crippen LogP contribution in [0.15, 0.2) is 0 Å². The van der Waals surface area contributed by atoms with E-state index in [-0.39, 0.29) is 5.54 Å². The van der Waals surface area contributed by atoms with E-state index >= 15 is 0 Å². The van der Waals surface area contributed by atoms with Gasteiger partial charge in [0.05, 0.1) is 0 Å². The highest BCUT2D eigenvalue weighted by atomic mass is 28.4. The molecule has 16 heavy (non-hydrogen) atoms. The summed E-state index contributed by atoms with van der Waals surface area (Å²) in [7, 11) is 3.55. The molecule has 1 atom stereocenters. The van der Waals surface area contributed by atoms with Gasteiger partial charge in [-0.25, -0.2) is 4.79 Å². The summed E-state index contributed by atoms with van der Waals surface area (Å²) >= 11 is 0. The van der Waals surface area contributed by atoms with Crippen LogP contribution in [-0.2, 0) is 13.3 Å². The third-order valence-corrected chi connectivity index (χ3v) is 5.88. The van der Waals surface area contributed by atoms with Crippen LogP contribution < -0.4 is 0 Å². The van der Waals surface area contributed by atoms with Crippen molar-refractivity contribution in [1.29, 1.82) is 0 Å². The fourth-order valence-electron chi connectivity index (χ4n) is 1.51. The molecule has 1 unspecified atom stereocenters. The molecule has 0 rings (SSSR count). The number of amides is 1. The van der Waals surface area contributed by atoms with E-state index in [1.807, 2.05) is 6.92 Å². The molecular weight excluding hydrogens is 230 g/mol. The van der Waals surface area contributed by atoms with Crippen molar-refractivity contribution in [1.82, 2.24) is 4.90 Å². The molecule has 6 nitrogen and oxygen atoms in total. The molecule has 0 saturated carbocycles. The summed E-state index contributed by atoms with van der Waals surface area (Å²) in [6.07, 6.45) is -0.295. The Morgan fingerprint density at radius 1 is 1.31 bits per heavy atom. The minimum Gasteiger partial charge on any atom is -0.465 e. The van der Waals surface area contributed by atoms with Gasteiger partial charge in [0, 0.05) is 40.5 Å². The zero-order chi connectivity index (χ0) is 12.8. The van der Waals surface area contributed by atoms with Crippen molar-refractivity contribution < 1.29 is 23.2 Å². The average Bonchev–Trinajstić information content (AvgIpc) is 2.28. The molecule has 0 aromatic rings. The fraction of sp³-hybridized carbons (Fsp3) is 0.889. The summed E-state index contributed by atoms with van der Waals surface area (Å²) in [6.45, 7) is 2.37. The predicted octanol–water partition coefficient (Wildman–Crippen LogP) is 1.25. The Labute approximate surface area is 97.5 Å². The summed E-state index contributed by atoms with van der Waals surface area (Å²) in [4.78, 5) is 11.8. The molecule has 1 amide bonds. The van der Waals surface area contributed by atoms with Crippen molar-refractivity contribution in [3.8, 4) is 0 Å². The monoisotopic (exact) mass is 251 g/mol. The van der Waals surface area contributed by atoms with Gasteiger partial charge in [0.2, 0.25) is 0 Å². The van der Waals surface area contributed by atoms with Crippen LogP contribution in [0, 0.1) is 0 Å². The second-order valence-corrected chi connectivity index (χ2v) is 7.03. The van der Waals surface area contributed by atoms with Crippen LogP contribution in [0.4, 0.5) is 4.79 Å². The molecule has 0 aliphatic carbocycles. The van der Waals surface area contributed by atoms with E-state index in [4.69, 9.17) is 18.4 Å². The number of nitrogens with zero attached hydrogens (tertiary/aromatic N) is 1. The molecule has 0 aliphatic heterocycles. The van der Waals surface area contributed by atoms with E-state index in [2.05, 4.69) is 0 Å². The van der Waals surface area contributed by atoms with Crippen molar-refractivity contribution in [3.63, 3.8) is 0 Å². The van der Waals surface area contributed by atoms with Gasteiger partial charge in [-0.2, -0.15) is 0 Å². The summed E-state index contributed by atoms with van der Waals surface area (Å²) in [5.41, 5.74) is 0.0503. The lowest BCUT2D eigenvalue weighted by molar-refractivity contribution is 0.109. The first-order valence-corrected chi connectivity index (χ1v) is 6.83. The van der Waals surface area contributed by atoms with Gasteiger partial charge in [0.15, 0.2) is 0 Å². The maximum atomic E-state index is 10.6. The smallest absolute Gasteiger partial charge is 0.465 e. The minimum absolute atomic E-state index is 0.0503. The first-order chi connectivity index (χ1) is 7.43. The van der Waals surface area contributed by atoms with Crippen LogP contribution in [0.3, 0.4) is 0 Å². The summed E-state index contributed by atoms with van der Waals surface area (Å²) < 4.78 is 16.0. The van der Waals surface area contributed by atoms with Gasteiger partial charge < -0.3 is 23.3 Å².